The number of Topliss-reactive ketones (excluding diaryl/α,β-unsaturated/α-hetero) is 1. The van der Waals surface area contributed by atoms with Gasteiger partial charge in [-0.1, -0.05) is 75.4 Å². The summed E-state index contributed by atoms with van der Waals surface area (Å²) in [6.07, 6.45) is 1.46. The monoisotopic (exact) mass is 375 g/mol. The summed E-state index contributed by atoms with van der Waals surface area (Å²) in [6, 6.07) is 32.3. The van der Waals surface area contributed by atoms with Crippen LogP contribution in [0.15, 0.2) is 91.0 Å². The molecule has 138 valence electrons. The standard InChI is InChI=1S/C25H28OP/c1-25(2,3)24(26)19-20-27(21-13-7-4-8-14-21,22-15-9-5-10-16-22)23-17-11-6-12-18-23/h4-18H,19-20H2,1-3H3/q+1. The van der Waals surface area contributed by atoms with Crippen molar-refractivity contribution in [1.29, 1.82) is 0 Å². The average Bonchev–Trinajstić information content (AvgIpc) is 2.70. The summed E-state index contributed by atoms with van der Waals surface area (Å²) in [5.74, 6) is 0.328. The number of ketones is 1. The summed E-state index contributed by atoms with van der Waals surface area (Å²) in [7, 11) is -1.90. The Morgan fingerprint density at radius 3 is 1.30 bits per heavy atom. The smallest absolute Gasteiger partial charge is 0.141 e. The van der Waals surface area contributed by atoms with Crippen molar-refractivity contribution >= 4 is 29.0 Å². The molecule has 0 N–H and O–H groups in total. The van der Waals surface area contributed by atoms with Crippen molar-refractivity contribution in [2.45, 2.75) is 27.2 Å². The average molecular weight is 375 g/mol. The zero-order valence-corrected chi connectivity index (χ0v) is 17.3. The van der Waals surface area contributed by atoms with E-state index < -0.39 is 7.26 Å². The minimum Gasteiger partial charge on any atom is -0.299 e. The molecule has 3 rings (SSSR count). The van der Waals surface area contributed by atoms with Gasteiger partial charge < -0.3 is 0 Å². The van der Waals surface area contributed by atoms with Gasteiger partial charge in [0.25, 0.3) is 0 Å². The van der Waals surface area contributed by atoms with Gasteiger partial charge in [-0.25, -0.2) is 0 Å². The fraction of sp³-hybridized carbons (Fsp3) is 0.240. The Hall–Kier alpha value is -2.24. The van der Waals surface area contributed by atoms with Crippen LogP contribution >= 0.6 is 7.26 Å². The molecule has 3 aromatic rings. The van der Waals surface area contributed by atoms with Crippen molar-refractivity contribution in [2.75, 3.05) is 6.16 Å². The molecule has 0 bridgehead atoms. The second kappa shape index (κ2) is 8.19. The fourth-order valence-electron chi connectivity index (χ4n) is 3.53. The van der Waals surface area contributed by atoms with Gasteiger partial charge in [-0.2, -0.15) is 0 Å². The highest BCUT2D eigenvalue weighted by molar-refractivity contribution is 7.95. The maximum absolute atomic E-state index is 12.8. The lowest BCUT2D eigenvalue weighted by atomic mass is 9.89. The summed E-state index contributed by atoms with van der Waals surface area (Å²) >= 11 is 0. The zero-order chi connectivity index (χ0) is 19.3. The van der Waals surface area contributed by atoms with Crippen LogP contribution in [0.5, 0.6) is 0 Å². The third-order valence-electron chi connectivity index (χ3n) is 5.10. The van der Waals surface area contributed by atoms with E-state index in [1.807, 2.05) is 20.8 Å². The molecule has 0 saturated heterocycles. The first-order chi connectivity index (χ1) is 12.9. The van der Waals surface area contributed by atoms with Crippen molar-refractivity contribution < 1.29 is 4.79 Å². The third kappa shape index (κ3) is 4.20. The summed E-state index contributed by atoms with van der Waals surface area (Å²) in [6.45, 7) is 6.05. The van der Waals surface area contributed by atoms with E-state index in [1.54, 1.807) is 0 Å². The second-order valence-electron chi connectivity index (χ2n) is 7.96. The largest absolute Gasteiger partial charge is 0.299 e. The number of benzene rings is 3. The van der Waals surface area contributed by atoms with E-state index in [9.17, 15) is 4.79 Å². The maximum atomic E-state index is 12.8. The van der Waals surface area contributed by atoms with Crippen LogP contribution in [0.2, 0.25) is 0 Å². The van der Waals surface area contributed by atoms with Crippen molar-refractivity contribution in [3.8, 4) is 0 Å². The molecule has 1 nitrogen and oxygen atoms in total. The van der Waals surface area contributed by atoms with Crippen LogP contribution in [-0.4, -0.2) is 11.9 Å². The lowest BCUT2D eigenvalue weighted by Gasteiger charge is -2.28. The molecular weight excluding hydrogens is 347 g/mol. The highest BCUT2D eigenvalue weighted by atomic mass is 31.2. The first-order valence-electron chi connectivity index (χ1n) is 9.53. The van der Waals surface area contributed by atoms with Crippen LogP contribution in [-0.2, 0) is 4.79 Å². The van der Waals surface area contributed by atoms with E-state index in [4.69, 9.17) is 0 Å². The van der Waals surface area contributed by atoms with Gasteiger partial charge in [-0.3, -0.25) is 4.79 Å². The molecule has 0 atom stereocenters. The Morgan fingerprint density at radius 1 is 0.667 bits per heavy atom. The SMILES string of the molecule is CC(C)(C)C(=O)CC[P+](c1ccccc1)(c1ccccc1)c1ccccc1. The van der Waals surface area contributed by atoms with Gasteiger partial charge >= 0.3 is 0 Å². The minimum atomic E-state index is -1.90. The van der Waals surface area contributed by atoms with Gasteiger partial charge in [0.15, 0.2) is 0 Å². The molecule has 0 unspecified atom stereocenters. The topological polar surface area (TPSA) is 17.1 Å². The molecule has 2 heteroatoms. The predicted molar refractivity (Wildman–Crippen MR) is 119 cm³/mol. The first kappa shape index (κ1) is 19.5. The molecule has 0 spiro atoms. The Balaban J connectivity index is 2.18. The molecule has 0 heterocycles. The van der Waals surface area contributed by atoms with Crippen LogP contribution in [0, 0.1) is 5.41 Å². The number of hydrogen-bond acceptors (Lipinski definition) is 1. The Bertz CT molecular complexity index is 768. The van der Waals surface area contributed by atoms with Crippen molar-refractivity contribution in [2.24, 2.45) is 5.41 Å². The lowest BCUT2D eigenvalue weighted by molar-refractivity contribution is -0.125. The molecule has 0 aliphatic rings. The highest BCUT2D eigenvalue weighted by Crippen LogP contribution is 2.56. The molecule has 0 amide bonds. The van der Waals surface area contributed by atoms with Crippen LogP contribution < -0.4 is 15.9 Å². The van der Waals surface area contributed by atoms with Crippen molar-refractivity contribution in [3.63, 3.8) is 0 Å². The zero-order valence-electron chi connectivity index (χ0n) is 16.4. The number of rotatable bonds is 6. The lowest BCUT2D eigenvalue weighted by Crippen LogP contribution is -2.35. The van der Waals surface area contributed by atoms with Crippen molar-refractivity contribution in [3.05, 3.63) is 91.0 Å². The van der Waals surface area contributed by atoms with Crippen LogP contribution in [0.3, 0.4) is 0 Å². The van der Waals surface area contributed by atoms with E-state index in [0.29, 0.717) is 12.2 Å². The van der Waals surface area contributed by atoms with Crippen LogP contribution in [0.1, 0.15) is 27.2 Å². The third-order valence-corrected chi connectivity index (χ3v) is 9.54. The normalized spacial score (nSPS) is 12.0. The molecule has 0 aliphatic heterocycles. The van der Waals surface area contributed by atoms with Crippen LogP contribution in [0.4, 0.5) is 0 Å². The van der Waals surface area contributed by atoms with E-state index in [-0.39, 0.29) is 5.41 Å². The predicted octanol–water partition coefficient (Wildman–Crippen LogP) is 4.99. The molecule has 0 aromatic heterocycles. The summed E-state index contributed by atoms with van der Waals surface area (Å²) in [5, 5.41) is 4.01. The molecule has 0 fully saturated rings. The molecular formula is C25H28OP+. The molecule has 0 radical (unpaired) electrons. The fourth-order valence-corrected chi connectivity index (χ4v) is 7.78. The summed E-state index contributed by atoms with van der Waals surface area (Å²) < 4.78 is 0. The Kier molecular flexibility index (Phi) is 5.92. The summed E-state index contributed by atoms with van der Waals surface area (Å²) in [5.41, 5.74) is -0.306. The van der Waals surface area contributed by atoms with Gasteiger partial charge in [-0.05, 0) is 36.4 Å². The van der Waals surface area contributed by atoms with Gasteiger partial charge in [0.2, 0.25) is 0 Å². The Morgan fingerprint density at radius 2 is 1.00 bits per heavy atom. The van der Waals surface area contributed by atoms with E-state index in [1.165, 1.54) is 15.9 Å². The number of hydrogen-bond donors (Lipinski definition) is 0. The van der Waals surface area contributed by atoms with E-state index in [2.05, 4.69) is 91.0 Å². The highest BCUT2D eigenvalue weighted by Gasteiger charge is 2.45. The maximum Gasteiger partial charge on any atom is 0.141 e. The second-order valence-corrected chi connectivity index (χ2v) is 11.6. The van der Waals surface area contributed by atoms with Crippen LogP contribution in [0.25, 0.3) is 0 Å². The van der Waals surface area contributed by atoms with Gasteiger partial charge in [0.1, 0.15) is 29.0 Å². The summed E-state index contributed by atoms with van der Waals surface area (Å²) in [4.78, 5) is 12.8. The van der Waals surface area contributed by atoms with E-state index in [0.717, 1.165) is 6.16 Å². The quantitative estimate of drug-likeness (QED) is 0.555. The number of carbonyl (C=O) groups is 1. The molecule has 0 aliphatic carbocycles. The molecule has 27 heavy (non-hydrogen) atoms. The van der Waals surface area contributed by atoms with Gasteiger partial charge in [0, 0.05) is 11.8 Å². The molecule has 0 saturated carbocycles. The van der Waals surface area contributed by atoms with Gasteiger partial charge in [-0.15, -0.1) is 0 Å². The van der Waals surface area contributed by atoms with Crippen molar-refractivity contribution in [1.82, 2.24) is 0 Å². The number of carbonyl (C=O) groups excluding carboxylic acids is 1. The van der Waals surface area contributed by atoms with E-state index >= 15 is 0 Å². The first-order valence-corrected chi connectivity index (χ1v) is 11.5. The van der Waals surface area contributed by atoms with Gasteiger partial charge in [0.05, 0.1) is 6.16 Å². The molecule has 3 aromatic carbocycles. The minimum absolute atomic E-state index is 0.306. The Labute approximate surface area is 163 Å².